The van der Waals surface area contributed by atoms with Crippen molar-refractivity contribution in [3.05, 3.63) is 39.9 Å². The molecule has 0 aliphatic heterocycles. The van der Waals surface area contributed by atoms with Gasteiger partial charge >= 0.3 is 6.18 Å². The number of hydrogen-bond acceptors (Lipinski definition) is 4. The number of hydrogen-bond donors (Lipinski definition) is 2. The molecular weight excluding hydrogens is 327 g/mol. The van der Waals surface area contributed by atoms with E-state index in [1.807, 2.05) is 0 Å². The van der Waals surface area contributed by atoms with E-state index in [4.69, 9.17) is 17.3 Å². The summed E-state index contributed by atoms with van der Waals surface area (Å²) in [5, 5.41) is 4.01. The molecule has 0 saturated carbocycles. The van der Waals surface area contributed by atoms with Crippen molar-refractivity contribution in [2.45, 2.75) is 12.6 Å². The summed E-state index contributed by atoms with van der Waals surface area (Å²) < 4.78 is 38.6. The number of rotatable bonds is 3. The Balaban J connectivity index is 2.17. The lowest BCUT2D eigenvalue weighted by atomic mass is 10.1. The second-order valence-electron chi connectivity index (χ2n) is 4.09. The van der Waals surface area contributed by atoms with E-state index < -0.39 is 17.6 Å². The highest BCUT2D eigenvalue weighted by atomic mass is 35.5. The van der Waals surface area contributed by atoms with Crippen LogP contribution in [0, 0.1) is 0 Å². The summed E-state index contributed by atoms with van der Waals surface area (Å²) in [6, 6.07) is 3.14. The third-order valence-corrected chi connectivity index (χ3v) is 3.43. The van der Waals surface area contributed by atoms with E-state index in [2.05, 4.69) is 10.3 Å². The van der Waals surface area contributed by atoms with Crippen LogP contribution < -0.4 is 11.1 Å². The number of halogens is 4. The van der Waals surface area contributed by atoms with Crippen LogP contribution in [0.5, 0.6) is 0 Å². The van der Waals surface area contributed by atoms with Gasteiger partial charge in [-0.25, -0.2) is 4.98 Å². The van der Waals surface area contributed by atoms with E-state index in [0.717, 1.165) is 23.5 Å². The molecule has 0 aliphatic carbocycles. The molecule has 0 unspecified atom stereocenters. The lowest BCUT2D eigenvalue weighted by Gasteiger charge is -2.13. The topological polar surface area (TPSA) is 68.0 Å². The van der Waals surface area contributed by atoms with Crippen LogP contribution in [0.3, 0.4) is 0 Å². The van der Waals surface area contributed by atoms with Crippen molar-refractivity contribution in [1.29, 1.82) is 0 Å². The summed E-state index contributed by atoms with van der Waals surface area (Å²) in [5.41, 5.74) is 4.47. The highest BCUT2D eigenvalue weighted by Gasteiger charge is 2.34. The Labute approximate surface area is 126 Å². The highest BCUT2D eigenvalue weighted by Crippen LogP contribution is 2.36. The van der Waals surface area contributed by atoms with Crippen molar-refractivity contribution in [3.8, 4) is 0 Å². The fourth-order valence-electron chi connectivity index (χ4n) is 1.62. The Morgan fingerprint density at radius 1 is 1.43 bits per heavy atom. The second kappa shape index (κ2) is 5.90. The van der Waals surface area contributed by atoms with Gasteiger partial charge < -0.3 is 11.1 Å². The van der Waals surface area contributed by atoms with Gasteiger partial charge in [0.2, 0.25) is 5.91 Å². The molecule has 0 bridgehead atoms. The molecule has 0 atom stereocenters. The van der Waals surface area contributed by atoms with E-state index in [0.29, 0.717) is 10.8 Å². The van der Waals surface area contributed by atoms with Gasteiger partial charge in [-0.15, -0.1) is 11.3 Å². The number of aromatic nitrogens is 1. The number of nitrogens with one attached hydrogen (secondary N) is 1. The molecule has 9 heteroatoms. The number of benzene rings is 1. The molecule has 4 nitrogen and oxygen atoms in total. The SMILES string of the molecule is Nc1nc(CC(=O)Nc2ccc(Cl)cc2C(F)(F)F)cs1. The van der Waals surface area contributed by atoms with Gasteiger partial charge in [0.25, 0.3) is 0 Å². The molecule has 21 heavy (non-hydrogen) atoms. The summed E-state index contributed by atoms with van der Waals surface area (Å²) in [7, 11) is 0. The first-order valence-corrected chi connectivity index (χ1v) is 6.88. The molecule has 2 aromatic rings. The highest BCUT2D eigenvalue weighted by molar-refractivity contribution is 7.13. The zero-order chi connectivity index (χ0) is 15.6. The van der Waals surface area contributed by atoms with Crippen LogP contribution in [-0.2, 0) is 17.4 Å². The van der Waals surface area contributed by atoms with Crippen LogP contribution in [0.4, 0.5) is 24.0 Å². The number of carbonyl (C=O) groups excluding carboxylic acids is 1. The standard InChI is InChI=1S/C12H9ClF3N3OS/c13-6-1-2-9(8(3-6)12(14,15)16)19-10(20)4-7-5-21-11(17)18-7/h1-3,5H,4H2,(H2,17,18)(H,19,20). The van der Waals surface area contributed by atoms with Crippen molar-refractivity contribution in [2.75, 3.05) is 11.1 Å². The number of nitrogens with zero attached hydrogens (tertiary/aromatic N) is 1. The van der Waals surface area contributed by atoms with Crippen LogP contribution in [0.1, 0.15) is 11.3 Å². The zero-order valence-electron chi connectivity index (χ0n) is 10.4. The fraction of sp³-hybridized carbons (Fsp3) is 0.167. The van der Waals surface area contributed by atoms with Crippen molar-refractivity contribution in [2.24, 2.45) is 0 Å². The molecule has 112 valence electrons. The Hall–Kier alpha value is -1.80. The Bertz CT molecular complexity index is 672. The molecule has 0 aliphatic rings. The molecule has 0 fully saturated rings. The van der Waals surface area contributed by atoms with Crippen molar-refractivity contribution < 1.29 is 18.0 Å². The second-order valence-corrected chi connectivity index (χ2v) is 5.42. The van der Waals surface area contributed by atoms with E-state index in [9.17, 15) is 18.0 Å². The molecule has 2 rings (SSSR count). The van der Waals surface area contributed by atoms with E-state index in [1.54, 1.807) is 5.38 Å². The normalized spacial score (nSPS) is 11.4. The average Bonchev–Trinajstić information content (AvgIpc) is 2.75. The quantitative estimate of drug-likeness (QED) is 0.901. The zero-order valence-corrected chi connectivity index (χ0v) is 11.9. The third kappa shape index (κ3) is 4.08. The third-order valence-electron chi connectivity index (χ3n) is 2.47. The largest absolute Gasteiger partial charge is 0.418 e. The summed E-state index contributed by atoms with van der Waals surface area (Å²) in [5.74, 6) is -0.617. The van der Waals surface area contributed by atoms with Gasteiger partial charge in [-0.05, 0) is 18.2 Å². The number of anilines is 2. The Kier molecular flexibility index (Phi) is 4.38. The molecule has 1 aromatic carbocycles. The minimum absolute atomic E-state index is 0.0624. The van der Waals surface area contributed by atoms with Gasteiger partial charge in [-0.3, -0.25) is 4.79 Å². The molecule has 0 radical (unpaired) electrons. The number of nitrogens with two attached hydrogens (primary N) is 1. The van der Waals surface area contributed by atoms with Gasteiger partial charge in [-0.1, -0.05) is 11.6 Å². The number of alkyl halides is 3. The lowest BCUT2D eigenvalue weighted by Crippen LogP contribution is -2.18. The minimum Gasteiger partial charge on any atom is -0.375 e. The lowest BCUT2D eigenvalue weighted by molar-refractivity contribution is -0.137. The number of amides is 1. The first-order valence-electron chi connectivity index (χ1n) is 5.62. The van der Waals surface area contributed by atoms with Gasteiger partial charge in [0.05, 0.1) is 23.4 Å². The summed E-state index contributed by atoms with van der Waals surface area (Å²) >= 11 is 6.71. The summed E-state index contributed by atoms with van der Waals surface area (Å²) in [6.45, 7) is 0. The number of nitrogen functional groups attached to an aromatic ring is 1. The molecule has 0 spiro atoms. The maximum Gasteiger partial charge on any atom is 0.418 e. The summed E-state index contributed by atoms with van der Waals surface area (Å²) in [6.07, 6.45) is -4.77. The average molecular weight is 336 g/mol. The van der Waals surface area contributed by atoms with Gasteiger partial charge in [0.1, 0.15) is 0 Å². The maximum atomic E-state index is 12.9. The molecule has 1 heterocycles. The van der Waals surface area contributed by atoms with Crippen LogP contribution in [-0.4, -0.2) is 10.9 Å². The van der Waals surface area contributed by atoms with Crippen LogP contribution in [0.15, 0.2) is 23.6 Å². The molecule has 1 amide bonds. The molecular formula is C12H9ClF3N3OS. The first kappa shape index (κ1) is 15.6. The van der Waals surface area contributed by atoms with Crippen LogP contribution in [0.25, 0.3) is 0 Å². The van der Waals surface area contributed by atoms with E-state index in [1.165, 1.54) is 6.07 Å². The van der Waals surface area contributed by atoms with Crippen molar-refractivity contribution >= 4 is 39.7 Å². The minimum atomic E-state index is -4.61. The predicted molar refractivity (Wildman–Crippen MR) is 75.3 cm³/mol. The van der Waals surface area contributed by atoms with Crippen molar-refractivity contribution in [3.63, 3.8) is 0 Å². The van der Waals surface area contributed by atoms with Crippen LogP contribution >= 0.6 is 22.9 Å². The maximum absolute atomic E-state index is 12.9. The van der Waals surface area contributed by atoms with Gasteiger partial charge in [-0.2, -0.15) is 13.2 Å². The predicted octanol–water partition coefficient (Wildman–Crippen LogP) is 3.58. The fourth-order valence-corrected chi connectivity index (χ4v) is 2.36. The molecule has 1 aromatic heterocycles. The van der Waals surface area contributed by atoms with E-state index >= 15 is 0 Å². The number of thiazole rings is 1. The van der Waals surface area contributed by atoms with Crippen LogP contribution in [0.2, 0.25) is 5.02 Å². The monoisotopic (exact) mass is 335 g/mol. The molecule has 0 saturated heterocycles. The smallest absolute Gasteiger partial charge is 0.375 e. The Morgan fingerprint density at radius 3 is 2.71 bits per heavy atom. The van der Waals surface area contributed by atoms with Gasteiger partial charge in [0, 0.05) is 10.4 Å². The van der Waals surface area contributed by atoms with E-state index in [-0.39, 0.29) is 17.1 Å². The molecule has 3 N–H and O–H groups in total. The first-order chi connectivity index (χ1) is 9.75. The Morgan fingerprint density at radius 2 is 2.14 bits per heavy atom. The summed E-state index contributed by atoms with van der Waals surface area (Å²) in [4.78, 5) is 15.6. The van der Waals surface area contributed by atoms with Crippen molar-refractivity contribution in [1.82, 2.24) is 4.98 Å². The van der Waals surface area contributed by atoms with Gasteiger partial charge in [0.15, 0.2) is 5.13 Å². The number of carbonyl (C=O) groups is 1.